The van der Waals surface area contributed by atoms with Gasteiger partial charge in [0.1, 0.15) is 23.7 Å². The molecule has 1 heterocycles. The molecule has 0 aliphatic carbocycles. The van der Waals surface area contributed by atoms with Crippen LogP contribution >= 0.6 is 0 Å². The maximum Gasteiger partial charge on any atom is 0.146 e. The lowest BCUT2D eigenvalue weighted by Crippen LogP contribution is -2.11. The second kappa shape index (κ2) is 10.6. The lowest BCUT2D eigenvalue weighted by Gasteiger charge is -2.18. The maximum absolute atomic E-state index is 13.8. The highest BCUT2D eigenvalue weighted by Crippen LogP contribution is 2.34. The summed E-state index contributed by atoms with van der Waals surface area (Å²) < 4.78 is 29.7. The van der Waals surface area contributed by atoms with E-state index >= 15 is 0 Å². The molecule has 0 bridgehead atoms. The number of rotatable bonds is 9. The van der Waals surface area contributed by atoms with Crippen LogP contribution in [0.15, 0.2) is 41.0 Å². The highest BCUT2D eigenvalue weighted by atomic mass is 32.2. The molecule has 0 radical (unpaired) electrons. The fraction of sp³-hybridized carbons (Fsp3) is 0.391. The van der Waals surface area contributed by atoms with E-state index in [1.165, 1.54) is 18.5 Å². The molecule has 1 N–H and O–H groups in total. The Kier molecular flexibility index (Phi) is 7.92. The van der Waals surface area contributed by atoms with Crippen LogP contribution in [-0.2, 0) is 15.4 Å². The Morgan fingerprint density at radius 1 is 1.23 bits per heavy atom. The molecule has 2 atom stereocenters. The topological polar surface area (TPSA) is 68.6 Å². The summed E-state index contributed by atoms with van der Waals surface area (Å²) in [6, 6.07) is 8.46. The summed E-state index contributed by atoms with van der Waals surface area (Å²) in [5.41, 5.74) is 3.35. The van der Waals surface area contributed by atoms with Crippen molar-refractivity contribution in [1.29, 1.82) is 0 Å². The van der Waals surface area contributed by atoms with E-state index in [4.69, 9.17) is 13.8 Å². The summed E-state index contributed by atoms with van der Waals surface area (Å²) in [6.45, 7) is 6.68. The first kappa shape index (κ1) is 23.1. The van der Waals surface area contributed by atoms with Crippen molar-refractivity contribution in [2.75, 3.05) is 31.0 Å². The van der Waals surface area contributed by atoms with Crippen molar-refractivity contribution >= 4 is 38.8 Å². The van der Waals surface area contributed by atoms with Crippen LogP contribution in [0.25, 0.3) is 10.9 Å². The van der Waals surface area contributed by atoms with E-state index in [0.29, 0.717) is 23.9 Å². The minimum atomic E-state index is -0.345. The van der Waals surface area contributed by atoms with E-state index in [9.17, 15) is 4.39 Å². The van der Waals surface area contributed by atoms with Crippen molar-refractivity contribution in [3.05, 3.63) is 48.0 Å². The van der Waals surface area contributed by atoms with Crippen molar-refractivity contribution in [3.8, 4) is 5.75 Å². The predicted molar refractivity (Wildman–Crippen MR) is 126 cm³/mol. The van der Waals surface area contributed by atoms with Gasteiger partial charge < -0.3 is 14.8 Å². The molecule has 3 rings (SSSR count). The van der Waals surface area contributed by atoms with Gasteiger partial charge in [-0.3, -0.25) is 0 Å². The van der Waals surface area contributed by atoms with Crippen LogP contribution in [0.1, 0.15) is 25.8 Å². The molecule has 8 heteroatoms. The molecule has 0 aliphatic rings. The average molecular weight is 445 g/mol. The van der Waals surface area contributed by atoms with Gasteiger partial charge in [-0.05, 0) is 56.4 Å². The Bertz CT molecular complexity index is 1090. The van der Waals surface area contributed by atoms with Crippen molar-refractivity contribution in [3.63, 3.8) is 0 Å². The number of aryl methyl sites for hydroxylation is 1. The number of anilines is 2. The summed E-state index contributed by atoms with van der Waals surface area (Å²) in [7, 11) is 1.57. The standard InChI is InChI=1S/C23H29FN4O2S/c1-6-16(3)30-21-12-17(24)7-8-19(21)27-23-22-15(2)11-18(13-20(22)25-14-26-23)28-31(5)10-9-29-4/h7-8,11-14,16H,6,9-10H2,1-5H3,(H,25,26,27). The number of nitrogens with one attached hydrogen (secondary N) is 1. The largest absolute Gasteiger partial charge is 0.488 e. The number of methoxy groups -OCH3 is 1. The number of fused-ring (bicyclic) bond motifs is 1. The minimum Gasteiger partial charge on any atom is -0.488 e. The summed E-state index contributed by atoms with van der Waals surface area (Å²) in [5.74, 6) is 1.64. The molecule has 3 aromatic rings. The minimum absolute atomic E-state index is 0.0312. The molecule has 2 unspecified atom stereocenters. The predicted octanol–water partition coefficient (Wildman–Crippen LogP) is 5.71. The molecular formula is C23H29FN4O2S. The number of halogens is 1. The van der Waals surface area contributed by atoms with E-state index in [0.717, 1.165) is 34.3 Å². The third-order valence-electron chi connectivity index (χ3n) is 4.86. The highest BCUT2D eigenvalue weighted by molar-refractivity contribution is 7.86. The Balaban J connectivity index is 1.98. The molecule has 31 heavy (non-hydrogen) atoms. The van der Waals surface area contributed by atoms with Crippen LogP contribution in [0, 0.1) is 12.7 Å². The van der Waals surface area contributed by atoms with Gasteiger partial charge in [0.05, 0.1) is 29.6 Å². The third-order valence-corrected chi connectivity index (χ3v) is 6.14. The van der Waals surface area contributed by atoms with Gasteiger partial charge in [0, 0.05) is 24.3 Å². The zero-order chi connectivity index (χ0) is 22.4. The van der Waals surface area contributed by atoms with Crippen LogP contribution in [0.4, 0.5) is 21.6 Å². The average Bonchev–Trinajstić information content (AvgIpc) is 2.74. The fourth-order valence-electron chi connectivity index (χ4n) is 3.07. The molecule has 0 fully saturated rings. The van der Waals surface area contributed by atoms with Crippen LogP contribution in [0.5, 0.6) is 5.75 Å². The van der Waals surface area contributed by atoms with Crippen molar-refractivity contribution in [2.45, 2.75) is 33.3 Å². The van der Waals surface area contributed by atoms with Crippen LogP contribution in [0.3, 0.4) is 0 Å². The Morgan fingerprint density at radius 3 is 2.77 bits per heavy atom. The summed E-state index contributed by atoms with van der Waals surface area (Å²) in [4.78, 5) is 8.89. The summed E-state index contributed by atoms with van der Waals surface area (Å²) in [6.07, 6.45) is 4.40. The molecule has 0 aliphatic heterocycles. The van der Waals surface area contributed by atoms with E-state index in [1.807, 2.05) is 32.9 Å². The molecule has 0 saturated carbocycles. The van der Waals surface area contributed by atoms with Gasteiger partial charge in [0.2, 0.25) is 0 Å². The fourth-order valence-corrected chi connectivity index (χ4v) is 4.04. The molecule has 166 valence electrons. The number of ether oxygens (including phenoxy) is 2. The highest BCUT2D eigenvalue weighted by Gasteiger charge is 2.13. The molecular weight excluding hydrogens is 415 g/mol. The molecule has 0 spiro atoms. The number of nitrogens with zero attached hydrogens (tertiary/aromatic N) is 3. The molecule has 6 nitrogen and oxygen atoms in total. The molecule has 2 aromatic carbocycles. The smallest absolute Gasteiger partial charge is 0.146 e. The first-order valence-corrected chi connectivity index (χ1v) is 12.0. The molecule has 0 amide bonds. The Labute approximate surface area is 185 Å². The summed E-state index contributed by atoms with van der Waals surface area (Å²) in [5, 5.41) is 4.21. The Hall–Kier alpha value is -2.58. The quantitative estimate of drug-likeness (QED) is 0.458. The zero-order valence-corrected chi connectivity index (χ0v) is 19.4. The van der Waals surface area contributed by atoms with Crippen LogP contribution in [0.2, 0.25) is 0 Å². The van der Waals surface area contributed by atoms with E-state index in [2.05, 4.69) is 21.5 Å². The van der Waals surface area contributed by atoms with Gasteiger partial charge in [-0.2, -0.15) is 0 Å². The van der Waals surface area contributed by atoms with Gasteiger partial charge in [-0.15, -0.1) is 0 Å². The lowest BCUT2D eigenvalue weighted by molar-refractivity contribution is 0.218. The third kappa shape index (κ3) is 5.98. The number of hydrogen-bond donors (Lipinski definition) is 1. The molecule has 0 saturated heterocycles. The van der Waals surface area contributed by atoms with Gasteiger partial charge in [0.15, 0.2) is 0 Å². The SMILES string of the molecule is CCC(C)Oc1cc(F)ccc1Nc1ncnc2cc(N=S(C)CCOC)cc(C)c12. The van der Waals surface area contributed by atoms with Gasteiger partial charge >= 0.3 is 0 Å². The Morgan fingerprint density at radius 2 is 2.03 bits per heavy atom. The van der Waals surface area contributed by atoms with Gasteiger partial charge in [0.25, 0.3) is 0 Å². The molecule has 1 aromatic heterocycles. The summed E-state index contributed by atoms with van der Waals surface area (Å²) >= 11 is 0. The van der Waals surface area contributed by atoms with Crippen molar-refractivity contribution in [2.24, 2.45) is 4.36 Å². The van der Waals surface area contributed by atoms with E-state index in [1.54, 1.807) is 13.2 Å². The van der Waals surface area contributed by atoms with Crippen molar-refractivity contribution in [1.82, 2.24) is 9.97 Å². The van der Waals surface area contributed by atoms with Crippen molar-refractivity contribution < 1.29 is 13.9 Å². The van der Waals surface area contributed by atoms with E-state index < -0.39 is 0 Å². The first-order valence-electron chi connectivity index (χ1n) is 10.2. The first-order chi connectivity index (χ1) is 14.9. The zero-order valence-electron chi connectivity index (χ0n) is 18.6. The number of benzene rings is 2. The number of aromatic nitrogens is 2. The monoisotopic (exact) mass is 444 g/mol. The van der Waals surface area contributed by atoms with Gasteiger partial charge in [-0.25, -0.2) is 18.7 Å². The van der Waals surface area contributed by atoms with Crippen LogP contribution < -0.4 is 10.1 Å². The maximum atomic E-state index is 13.8. The second-order valence-electron chi connectivity index (χ2n) is 7.37. The van der Waals surface area contributed by atoms with E-state index in [-0.39, 0.29) is 22.6 Å². The number of hydrogen-bond acceptors (Lipinski definition) is 6. The lowest BCUT2D eigenvalue weighted by atomic mass is 10.1. The second-order valence-corrected chi connectivity index (χ2v) is 9.16. The van der Waals surface area contributed by atoms with Gasteiger partial charge in [-0.1, -0.05) is 17.6 Å². The normalized spacial score (nSPS) is 13.4. The van der Waals surface area contributed by atoms with Crippen LogP contribution in [-0.4, -0.2) is 41.8 Å².